The maximum atomic E-state index is 11.7. The molecule has 3 rings (SSSR count). The van der Waals surface area contributed by atoms with E-state index in [4.69, 9.17) is 0 Å². The summed E-state index contributed by atoms with van der Waals surface area (Å²) in [6, 6.07) is 12.5. The second-order valence-corrected chi connectivity index (χ2v) is 6.21. The van der Waals surface area contributed by atoms with Gasteiger partial charge in [0, 0.05) is 10.0 Å². The van der Waals surface area contributed by atoms with Gasteiger partial charge in [-0.05, 0) is 53.3 Å². The lowest BCUT2D eigenvalue weighted by Gasteiger charge is -2.20. The van der Waals surface area contributed by atoms with Gasteiger partial charge in [0.05, 0.1) is 5.33 Å². The number of hydrogen-bond donors (Lipinski definition) is 0. The van der Waals surface area contributed by atoms with Gasteiger partial charge in [-0.1, -0.05) is 50.1 Å². The predicted molar refractivity (Wildman–Crippen MR) is 85.1 cm³/mol. The highest BCUT2D eigenvalue weighted by molar-refractivity contribution is 9.10. The van der Waals surface area contributed by atoms with Gasteiger partial charge in [0.2, 0.25) is 0 Å². The van der Waals surface area contributed by atoms with Crippen molar-refractivity contribution in [2.75, 3.05) is 5.33 Å². The average Bonchev–Trinajstić information content (AvgIpc) is 2.45. The Labute approximate surface area is 129 Å². The molecule has 2 aromatic carbocycles. The highest BCUT2D eigenvalue weighted by Gasteiger charge is 2.17. The van der Waals surface area contributed by atoms with Crippen molar-refractivity contribution in [2.45, 2.75) is 12.8 Å². The fraction of sp³-hybridized carbons (Fsp3) is 0.188. The van der Waals surface area contributed by atoms with Crippen LogP contribution in [0.4, 0.5) is 0 Å². The molecule has 0 N–H and O–H groups in total. The number of ketones is 1. The third-order valence-corrected chi connectivity index (χ3v) is 4.57. The van der Waals surface area contributed by atoms with Crippen molar-refractivity contribution in [1.82, 2.24) is 0 Å². The van der Waals surface area contributed by atoms with Gasteiger partial charge in [-0.3, -0.25) is 4.79 Å². The van der Waals surface area contributed by atoms with E-state index in [2.05, 4.69) is 56.1 Å². The number of carbonyl (C=O) groups is 1. The monoisotopic (exact) mass is 378 g/mol. The molecule has 2 aromatic rings. The molecule has 0 spiro atoms. The Kier molecular flexibility index (Phi) is 3.59. The number of Topliss-reactive ketones (excluding diaryl/α,β-unsaturated/α-hetero) is 1. The van der Waals surface area contributed by atoms with Crippen LogP contribution in [0, 0.1) is 0 Å². The fourth-order valence-electron chi connectivity index (χ4n) is 2.62. The molecule has 19 heavy (non-hydrogen) atoms. The number of fused-ring (bicyclic) bond motifs is 3. The van der Waals surface area contributed by atoms with Crippen LogP contribution in [0.15, 0.2) is 40.9 Å². The summed E-state index contributed by atoms with van der Waals surface area (Å²) in [4.78, 5) is 11.7. The molecule has 1 aliphatic rings. The topological polar surface area (TPSA) is 17.1 Å². The zero-order valence-electron chi connectivity index (χ0n) is 10.2. The highest BCUT2D eigenvalue weighted by Crippen LogP contribution is 2.35. The van der Waals surface area contributed by atoms with E-state index in [-0.39, 0.29) is 5.78 Å². The number of alkyl halides is 1. The number of aryl methyl sites for hydroxylation is 2. The first-order chi connectivity index (χ1) is 9.19. The molecule has 3 heteroatoms. The quantitative estimate of drug-likeness (QED) is 0.541. The lowest BCUT2D eigenvalue weighted by Crippen LogP contribution is -2.07. The summed E-state index contributed by atoms with van der Waals surface area (Å²) < 4.78 is 1.13. The molecule has 0 saturated heterocycles. The van der Waals surface area contributed by atoms with Crippen LogP contribution >= 0.6 is 31.9 Å². The minimum absolute atomic E-state index is 0.143. The van der Waals surface area contributed by atoms with Crippen LogP contribution in [-0.2, 0) is 12.8 Å². The van der Waals surface area contributed by atoms with E-state index in [1.165, 1.54) is 22.3 Å². The zero-order valence-corrected chi connectivity index (χ0v) is 13.4. The van der Waals surface area contributed by atoms with E-state index in [1.807, 2.05) is 12.1 Å². The third kappa shape index (κ3) is 2.41. The first-order valence-corrected chi connectivity index (χ1v) is 8.11. The molecule has 0 saturated carbocycles. The summed E-state index contributed by atoms with van der Waals surface area (Å²) in [7, 11) is 0. The van der Waals surface area contributed by atoms with E-state index < -0.39 is 0 Å². The van der Waals surface area contributed by atoms with Crippen LogP contribution < -0.4 is 0 Å². The smallest absolute Gasteiger partial charge is 0.173 e. The number of benzene rings is 2. The highest BCUT2D eigenvalue weighted by atomic mass is 79.9. The molecular weight excluding hydrogens is 368 g/mol. The Hall–Kier alpha value is -0.930. The Morgan fingerprint density at radius 2 is 1.63 bits per heavy atom. The summed E-state index contributed by atoms with van der Waals surface area (Å²) in [5.74, 6) is 0.143. The van der Waals surface area contributed by atoms with Gasteiger partial charge in [0.25, 0.3) is 0 Å². The molecule has 0 aromatic heterocycles. The van der Waals surface area contributed by atoms with Crippen molar-refractivity contribution < 1.29 is 4.79 Å². The van der Waals surface area contributed by atoms with E-state index in [1.54, 1.807) is 0 Å². The van der Waals surface area contributed by atoms with E-state index in [9.17, 15) is 4.79 Å². The predicted octanol–water partition coefficient (Wildman–Crippen LogP) is 4.79. The molecule has 0 radical (unpaired) electrons. The van der Waals surface area contributed by atoms with Crippen LogP contribution in [0.3, 0.4) is 0 Å². The maximum absolute atomic E-state index is 11.7. The van der Waals surface area contributed by atoms with Gasteiger partial charge >= 0.3 is 0 Å². The summed E-state index contributed by atoms with van der Waals surface area (Å²) in [6.45, 7) is 0. The molecule has 0 heterocycles. The minimum atomic E-state index is 0.143. The lowest BCUT2D eigenvalue weighted by molar-refractivity contribution is 0.102. The van der Waals surface area contributed by atoms with E-state index in [0.29, 0.717) is 5.33 Å². The third-order valence-electron chi connectivity index (χ3n) is 3.57. The first-order valence-electron chi connectivity index (χ1n) is 6.20. The molecule has 0 atom stereocenters. The molecule has 0 unspecified atom stereocenters. The van der Waals surface area contributed by atoms with Crippen LogP contribution in [0.1, 0.15) is 21.5 Å². The Morgan fingerprint density at radius 1 is 1.00 bits per heavy atom. The zero-order chi connectivity index (χ0) is 13.4. The summed E-state index contributed by atoms with van der Waals surface area (Å²) in [5.41, 5.74) is 6.02. The Morgan fingerprint density at radius 3 is 2.32 bits per heavy atom. The molecule has 0 amide bonds. The van der Waals surface area contributed by atoms with E-state index >= 15 is 0 Å². The van der Waals surface area contributed by atoms with Crippen molar-refractivity contribution in [2.24, 2.45) is 0 Å². The van der Waals surface area contributed by atoms with Gasteiger partial charge in [-0.15, -0.1) is 0 Å². The van der Waals surface area contributed by atoms with Gasteiger partial charge in [-0.2, -0.15) is 0 Å². The molecular formula is C16H12Br2O. The van der Waals surface area contributed by atoms with E-state index in [0.717, 1.165) is 22.9 Å². The van der Waals surface area contributed by atoms with Crippen molar-refractivity contribution in [3.8, 4) is 11.1 Å². The molecule has 0 fully saturated rings. The lowest BCUT2D eigenvalue weighted by atomic mass is 9.84. The number of carbonyl (C=O) groups excluding carboxylic acids is 1. The van der Waals surface area contributed by atoms with Crippen molar-refractivity contribution in [3.63, 3.8) is 0 Å². The van der Waals surface area contributed by atoms with Crippen molar-refractivity contribution in [3.05, 3.63) is 57.6 Å². The second-order valence-electron chi connectivity index (χ2n) is 4.73. The number of rotatable bonds is 2. The molecule has 1 nitrogen and oxygen atoms in total. The van der Waals surface area contributed by atoms with Crippen molar-refractivity contribution >= 4 is 37.6 Å². The average molecular weight is 380 g/mol. The maximum Gasteiger partial charge on any atom is 0.173 e. The SMILES string of the molecule is O=C(CBr)c1ccc2c(c1)CCc1cc(Br)ccc1-2. The Bertz CT molecular complexity index is 662. The number of halogens is 2. The van der Waals surface area contributed by atoms with Gasteiger partial charge in [0.1, 0.15) is 0 Å². The molecule has 1 aliphatic carbocycles. The molecule has 0 bridgehead atoms. The van der Waals surface area contributed by atoms with Crippen LogP contribution in [0.2, 0.25) is 0 Å². The second kappa shape index (κ2) is 5.22. The van der Waals surface area contributed by atoms with Gasteiger partial charge < -0.3 is 0 Å². The summed E-state index contributed by atoms with van der Waals surface area (Å²) in [6.07, 6.45) is 2.04. The minimum Gasteiger partial charge on any atom is -0.293 e. The standard InChI is InChI=1S/C16H12Br2O/c17-9-16(19)12-3-5-14-10(7-12)1-2-11-8-13(18)4-6-15(11)14/h3-8H,1-2,9H2. The van der Waals surface area contributed by atoms with Gasteiger partial charge in [-0.25, -0.2) is 0 Å². The first kappa shape index (κ1) is 13.1. The van der Waals surface area contributed by atoms with Crippen molar-refractivity contribution in [1.29, 1.82) is 0 Å². The van der Waals surface area contributed by atoms with Crippen LogP contribution in [0.25, 0.3) is 11.1 Å². The van der Waals surface area contributed by atoms with Crippen LogP contribution in [0.5, 0.6) is 0 Å². The molecule has 0 aliphatic heterocycles. The summed E-state index contributed by atoms with van der Waals surface area (Å²) >= 11 is 6.75. The normalized spacial score (nSPS) is 12.7. The summed E-state index contributed by atoms with van der Waals surface area (Å²) in [5, 5.41) is 0.384. The molecule has 96 valence electrons. The number of hydrogen-bond acceptors (Lipinski definition) is 1. The Balaban J connectivity index is 2.10. The van der Waals surface area contributed by atoms with Crippen LogP contribution in [-0.4, -0.2) is 11.1 Å². The van der Waals surface area contributed by atoms with Gasteiger partial charge in [0.15, 0.2) is 5.78 Å². The fourth-order valence-corrected chi connectivity index (χ4v) is 3.35. The largest absolute Gasteiger partial charge is 0.293 e.